The Labute approximate surface area is 177 Å². The Hall–Kier alpha value is -4.51. The van der Waals surface area contributed by atoms with Crippen LogP contribution in [0.2, 0.25) is 0 Å². The van der Waals surface area contributed by atoms with Gasteiger partial charge in [-0.3, -0.25) is 4.79 Å². The molecule has 31 heavy (non-hydrogen) atoms. The van der Waals surface area contributed by atoms with Crippen LogP contribution in [-0.2, 0) is 4.79 Å². The van der Waals surface area contributed by atoms with Crippen molar-refractivity contribution in [1.29, 1.82) is 5.26 Å². The fourth-order valence-electron chi connectivity index (χ4n) is 2.44. The number of rotatable bonds is 7. The summed E-state index contributed by atoms with van der Waals surface area (Å²) in [5, 5.41) is 12.8. The molecule has 0 fully saturated rings. The standard InChI is InChI=1S/C23H16FN3O4/c24-19-6-3-5-17(12-19)23(29)31-20-10-8-16(9-11-20)14-26-27-22(28)15-30-21-7-2-1-4-18(21)13-25/h1-12,14H,15H2,(H,27,28). The van der Waals surface area contributed by atoms with E-state index < -0.39 is 17.7 Å². The first-order valence-electron chi connectivity index (χ1n) is 9.07. The summed E-state index contributed by atoms with van der Waals surface area (Å²) in [6.07, 6.45) is 1.40. The van der Waals surface area contributed by atoms with Crippen LogP contribution in [0.5, 0.6) is 11.5 Å². The lowest BCUT2D eigenvalue weighted by molar-refractivity contribution is -0.123. The normalized spacial score (nSPS) is 10.3. The van der Waals surface area contributed by atoms with Gasteiger partial charge in [-0.15, -0.1) is 0 Å². The van der Waals surface area contributed by atoms with Crippen molar-refractivity contribution in [3.63, 3.8) is 0 Å². The smallest absolute Gasteiger partial charge is 0.343 e. The first kappa shape index (κ1) is 21.2. The highest BCUT2D eigenvalue weighted by Crippen LogP contribution is 2.16. The van der Waals surface area contributed by atoms with Gasteiger partial charge in [-0.05, 0) is 60.2 Å². The summed E-state index contributed by atoms with van der Waals surface area (Å²) in [4.78, 5) is 23.8. The number of nitriles is 1. The molecule has 0 unspecified atom stereocenters. The van der Waals surface area contributed by atoms with Gasteiger partial charge in [-0.25, -0.2) is 14.6 Å². The second kappa shape index (κ2) is 10.3. The zero-order valence-electron chi connectivity index (χ0n) is 16.1. The van der Waals surface area contributed by atoms with Gasteiger partial charge in [0.05, 0.1) is 17.3 Å². The number of carbonyl (C=O) groups is 2. The molecule has 0 saturated heterocycles. The van der Waals surface area contributed by atoms with Crippen molar-refractivity contribution >= 4 is 18.1 Å². The summed E-state index contributed by atoms with van der Waals surface area (Å²) in [6.45, 7) is -0.301. The van der Waals surface area contributed by atoms with E-state index in [1.54, 1.807) is 48.5 Å². The van der Waals surface area contributed by atoms with E-state index in [0.717, 1.165) is 6.07 Å². The number of hydrogen-bond acceptors (Lipinski definition) is 6. The van der Waals surface area contributed by atoms with Crippen molar-refractivity contribution in [2.75, 3.05) is 6.61 Å². The maximum absolute atomic E-state index is 13.2. The Morgan fingerprint density at radius 1 is 1.06 bits per heavy atom. The Kier molecular flexibility index (Phi) is 7.06. The van der Waals surface area contributed by atoms with E-state index in [-0.39, 0.29) is 17.9 Å². The second-order valence-electron chi connectivity index (χ2n) is 6.16. The summed E-state index contributed by atoms with van der Waals surface area (Å²) in [5.74, 6) is -1.11. The van der Waals surface area contributed by atoms with E-state index in [2.05, 4.69) is 10.5 Å². The van der Waals surface area contributed by atoms with E-state index in [0.29, 0.717) is 16.9 Å². The molecule has 8 heteroatoms. The topological polar surface area (TPSA) is 101 Å². The molecule has 0 aliphatic rings. The number of hydrazone groups is 1. The Morgan fingerprint density at radius 3 is 2.58 bits per heavy atom. The molecule has 0 atom stereocenters. The van der Waals surface area contributed by atoms with Crippen molar-refractivity contribution < 1.29 is 23.5 Å². The van der Waals surface area contributed by atoms with Crippen molar-refractivity contribution in [3.05, 3.63) is 95.3 Å². The summed E-state index contributed by atoms with van der Waals surface area (Å²) in [6, 6.07) is 20.1. The Bertz CT molecular complexity index is 1150. The van der Waals surface area contributed by atoms with Gasteiger partial charge in [0.15, 0.2) is 6.61 Å². The van der Waals surface area contributed by atoms with E-state index in [4.69, 9.17) is 14.7 Å². The summed E-state index contributed by atoms with van der Waals surface area (Å²) < 4.78 is 23.7. The highest BCUT2D eigenvalue weighted by atomic mass is 19.1. The third-order valence-electron chi connectivity index (χ3n) is 3.92. The summed E-state index contributed by atoms with van der Waals surface area (Å²) in [7, 11) is 0. The van der Waals surface area contributed by atoms with Gasteiger partial charge in [-0.1, -0.05) is 18.2 Å². The third kappa shape index (κ3) is 6.24. The average Bonchev–Trinajstić information content (AvgIpc) is 2.79. The van der Waals surface area contributed by atoms with Gasteiger partial charge >= 0.3 is 5.97 Å². The van der Waals surface area contributed by atoms with E-state index >= 15 is 0 Å². The number of nitrogens with zero attached hydrogens (tertiary/aromatic N) is 2. The molecule has 3 aromatic carbocycles. The van der Waals surface area contributed by atoms with Crippen molar-refractivity contribution in [2.45, 2.75) is 0 Å². The number of amides is 1. The summed E-state index contributed by atoms with van der Waals surface area (Å²) >= 11 is 0. The van der Waals surface area contributed by atoms with Crippen molar-refractivity contribution in [2.24, 2.45) is 5.10 Å². The highest BCUT2D eigenvalue weighted by molar-refractivity contribution is 5.91. The maximum atomic E-state index is 13.2. The Morgan fingerprint density at radius 2 is 1.84 bits per heavy atom. The number of nitrogens with one attached hydrogen (secondary N) is 1. The molecule has 1 amide bonds. The minimum Gasteiger partial charge on any atom is -0.482 e. The monoisotopic (exact) mass is 417 g/mol. The SMILES string of the molecule is N#Cc1ccccc1OCC(=O)NN=Cc1ccc(OC(=O)c2cccc(F)c2)cc1. The lowest BCUT2D eigenvalue weighted by atomic mass is 10.2. The minimum atomic E-state index is -0.675. The second-order valence-corrected chi connectivity index (χ2v) is 6.16. The number of para-hydroxylation sites is 1. The van der Waals surface area contributed by atoms with Crippen molar-refractivity contribution in [3.8, 4) is 17.6 Å². The van der Waals surface area contributed by atoms with Crippen LogP contribution in [0.25, 0.3) is 0 Å². The fourth-order valence-corrected chi connectivity index (χ4v) is 2.44. The molecule has 0 radical (unpaired) electrons. The van der Waals surface area contributed by atoms with Gasteiger partial charge in [0, 0.05) is 0 Å². The van der Waals surface area contributed by atoms with Crippen molar-refractivity contribution in [1.82, 2.24) is 5.43 Å². The molecule has 0 aliphatic carbocycles. The van der Waals surface area contributed by atoms with Crippen LogP contribution in [0.3, 0.4) is 0 Å². The van der Waals surface area contributed by atoms with E-state index in [1.807, 2.05) is 6.07 Å². The maximum Gasteiger partial charge on any atom is 0.343 e. The van der Waals surface area contributed by atoms with Crippen LogP contribution in [0.4, 0.5) is 4.39 Å². The molecular weight excluding hydrogens is 401 g/mol. The van der Waals surface area contributed by atoms with Crippen LogP contribution >= 0.6 is 0 Å². The largest absolute Gasteiger partial charge is 0.482 e. The van der Waals surface area contributed by atoms with Gasteiger partial charge in [0.2, 0.25) is 0 Å². The number of ether oxygens (including phenoxy) is 2. The quantitative estimate of drug-likeness (QED) is 0.275. The fraction of sp³-hybridized carbons (Fsp3) is 0.0435. The lowest BCUT2D eigenvalue weighted by Crippen LogP contribution is -2.24. The zero-order valence-corrected chi connectivity index (χ0v) is 16.1. The molecule has 0 bridgehead atoms. The number of hydrogen-bond donors (Lipinski definition) is 1. The molecule has 1 N–H and O–H groups in total. The van der Waals surface area contributed by atoms with Gasteiger partial charge in [0.1, 0.15) is 23.4 Å². The number of carbonyl (C=O) groups excluding carboxylic acids is 2. The molecular formula is C23H16FN3O4. The molecule has 7 nitrogen and oxygen atoms in total. The molecule has 0 spiro atoms. The molecule has 0 aliphatic heterocycles. The predicted molar refractivity (Wildman–Crippen MR) is 110 cm³/mol. The summed E-state index contributed by atoms with van der Waals surface area (Å²) in [5.41, 5.74) is 3.39. The number of benzene rings is 3. The molecule has 0 saturated carbocycles. The van der Waals surface area contributed by atoms with Gasteiger partial charge in [-0.2, -0.15) is 10.4 Å². The number of halogens is 1. The zero-order chi connectivity index (χ0) is 22.1. The van der Waals surface area contributed by atoms with Gasteiger partial charge < -0.3 is 9.47 Å². The molecule has 0 aromatic heterocycles. The van der Waals surface area contributed by atoms with E-state index in [9.17, 15) is 14.0 Å². The van der Waals surface area contributed by atoms with Crippen LogP contribution in [0, 0.1) is 17.1 Å². The molecule has 3 aromatic rings. The third-order valence-corrected chi connectivity index (χ3v) is 3.92. The van der Waals surface area contributed by atoms with Crippen LogP contribution in [0.15, 0.2) is 77.9 Å². The Balaban J connectivity index is 1.48. The van der Waals surface area contributed by atoms with Crippen LogP contribution in [-0.4, -0.2) is 24.7 Å². The first-order valence-corrected chi connectivity index (χ1v) is 9.07. The number of esters is 1. The lowest BCUT2D eigenvalue weighted by Gasteiger charge is -2.06. The average molecular weight is 417 g/mol. The highest BCUT2D eigenvalue weighted by Gasteiger charge is 2.09. The first-order chi connectivity index (χ1) is 15.0. The minimum absolute atomic E-state index is 0.105. The van der Waals surface area contributed by atoms with Crippen LogP contribution in [0.1, 0.15) is 21.5 Å². The van der Waals surface area contributed by atoms with Crippen LogP contribution < -0.4 is 14.9 Å². The molecule has 154 valence electrons. The molecule has 3 rings (SSSR count). The molecule has 0 heterocycles. The van der Waals surface area contributed by atoms with Gasteiger partial charge in [0.25, 0.3) is 5.91 Å². The van der Waals surface area contributed by atoms with E-state index in [1.165, 1.54) is 24.4 Å². The predicted octanol–water partition coefficient (Wildman–Crippen LogP) is 3.45.